The monoisotopic (exact) mass is 518 g/mol. The van der Waals surface area contributed by atoms with Gasteiger partial charge in [-0.1, -0.05) is 0 Å². The number of aldehydes is 1. The van der Waals surface area contributed by atoms with Crippen molar-refractivity contribution in [1.29, 1.82) is 0 Å². The van der Waals surface area contributed by atoms with Gasteiger partial charge in [0.25, 0.3) is 0 Å². The molecule has 0 aliphatic carbocycles. The molecule has 0 aromatic heterocycles. The highest BCUT2D eigenvalue weighted by Crippen LogP contribution is 2.30. The van der Waals surface area contributed by atoms with Gasteiger partial charge in [-0.2, -0.15) is 0 Å². The van der Waals surface area contributed by atoms with Gasteiger partial charge >= 0.3 is 29.8 Å². The maximum Gasteiger partial charge on any atom is 0.303 e. The lowest BCUT2D eigenvalue weighted by Gasteiger charge is -2.44. The summed E-state index contributed by atoms with van der Waals surface area (Å²) in [5, 5.41) is 10.5. The fourth-order valence-corrected chi connectivity index (χ4v) is 3.20. The van der Waals surface area contributed by atoms with Crippen molar-refractivity contribution >= 4 is 36.1 Å². The molecule has 0 spiro atoms. The Balaban J connectivity index is 3.28. The fraction of sp³-hybridized carbons (Fsp3) is 0.636. The molecule has 36 heavy (non-hydrogen) atoms. The molecule has 14 heteroatoms. The standard InChI is InChI=1S/C22H30O14/c1-11(24)30-10-18-19(33-13(3)26)20(34-14(4)27)21(35-15(5)28)22(36-18)31-9-16(29)17(7-6-8-23)32-12(2)25/h6-8,16-22,29H,9-10H2,1-5H3/b7-6+/t16-,17+,18-,19-,20+,21-,22-/m1/s1. The Morgan fingerprint density at radius 3 is 1.89 bits per heavy atom. The molecule has 1 rings (SSSR count). The molecule has 14 nitrogen and oxygen atoms in total. The number of hydrogen-bond donors (Lipinski definition) is 1. The second kappa shape index (κ2) is 14.9. The van der Waals surface area contributed by atoms with Gasteiger partial charge in [0.05, 0.1) is 6.61 Å². The quantitative estimate of drug-likeness (QED) is 0.145. The lowest BCUT2D eigenvalue weighted by Crippen LogP contribution is -2.63. The predicted molar refractivity (Wildman–Crippen MR) is 115 cm³/mol. The van der Waals surface area contributed by atoms with Crippen LogP contribution < -0.4 is 0 Å². The molecule has 0 amide bonds. The fourth-order valence-electron chi connectivity index (χ4n) is 3.20. The van der Waals surface area contributed by atoms with E-state index in [1.165, 1.54) is 0 Å². The summed E-state index contributed by atoms with van der Waals surface area (Å²) in [5.41, 5.74) is 0. The van der Waals surface area contributed by atoms with E-state index in [1.54, 1.807) is 0 Å². The number of aliphatic hydroxyl groups is 1. The average molecular weight is 518 g/mol. The molecule has 0 bridgehead atoms. The minimum absolute atomic E-state index is 0.406. The van der Waals surface area contributed by atoms with Crippen molar-refractivity contribution in [2.75, 3.05) is 13.2 Å². The van der Waals surface area contributed by atoms with E-state index in [0.29, 0.717) is 6.29 Å². The van der Waals surface area contributed by atoms with Crippen LogP contribution in [0.3, 0.4) is 0 Å². The zero-order valence-corrected chi connectivity index (χ0v) is 20.4. The lowest BCUT2D eigenvalue weighted by molar-refractivity contribution is -0.311. The molecule has 202 valence electrons. The van der Waals surface area contributed by atoms with Crippen molar-refractivity contribution in [3.8, 4) is 0 Å². The Hall–Kier alpha value is -3.36. The van der Waals surface area contributed by atoms with Crippen LogP contribution in [0.2, 0.25) is 0 Å². The van der Waals surface area contributed by atoms with Gasteiger partial charge in [0.1, 0.15) is 31.2 Å². The largest absolute Gasteiger partial charge is 0.463 e. The highest BCUT2D eigenvalue weighted by atomic mass is 16.7. The van der Waals surface area contributed by atoms with Crippen molar-refractivity contribution in [3.63, 3.8) is 0 Å². The van der Waals surface area contributed by atoms with E-state index in [0.717, 1.165) is 46.8 Å². The third kappa shape index (κ3) is 10.5. The highest BCUT2D eigenvalue weighted by Gasteiger charge is 2.53. The van der Waals surface area contributed by atoms with Crippen molar-refractivity contribution < 1.29 is 67.0 Å². The van der Waals surface area contributed by atoms with Gasteiger partial charge < -0.3 is 38.3 Å². The van der Waals surface area contributed by atoms with E-state index < -0.39 is 86.0 Å². The molecule has 0 aromatic carbocycles. The van der Waals surface area contributed by atoms with E-state index in [9.17, 15) is 33.9 Å². The Bertz CT molecular complexity index is 837. The summed E-state index contributed by atoms with van der Waals surface area (Å²) in [5.74, 6) is -3.89. The van der Waals surface area contributed by atoms with Crippen LogP contribution in [0.1, 0.15) is 34.6 Å². The van der Waals surface area contributed by atoms with Crippen molar-refractivity contribution in [2.45, 2.75) is 77.5 Å². The normalized spacial score (nSPS) is 25.2. The molecule has 1 heterocycles. The van der Waals surface area contributed by atoms with Crippen LogP contribution in [0.5, 0.6) is 0 Å². The number of rotatable bonds is 12. The molecule has 0 aromatic rings. The number of aliphatic hydroxyl groups excluding tert-OH is 1. The first-order chi connectivity index (χ1) is 16.8. The molecule has 0 saturated carbocycles. The lowest BCUT2D eigenvalue weighted by atomic mass is 9.98. The van der Waals surface area contributed by atoms with Crippen molar-refractivity contribution in [2.24, 2.45) is 0 Å². The van der Waals surface area contributed by atoms with E-state index in [2.05, 4.69) is 0 Å². The van der Waals surface area contributed by atoms with Crippen LogP contribution in [0, 0.1) is 0 Å². The Labute approximate surface area is 206 Å². The molecule has 1 aliphatic rings. The second-order valence-electron chi connectivity index (χ2n) is 7.56. The topological polar surface area (TPSA) is 187 Å². The molecular weight excluding hydrogens is 488 g/mol. The SMILES string of the molecule is CC(=O)OC[C@H]1O[C@@H](OC[C@@H](O)[C@H](/C=C/C=O)OC(C)=O)[C@H](OC(C)=O)[C@@H](OC(C)=O)[C@@H]1OC(C)=O. The van der Waals surface area contributed by atoms with Gasteiger partial charge in [0.15, 0.2) is 24.6 Å². The number of carbonyl (C=O) groups excluding carboxylic acids is 6. The Morgan fingerprint density at radius 1 is 0.833 bits per heavy atom. The first-order valence-corrected chi connectivity index (χ1v) is 10.7. The molecule has 0 unspecified atom stereocenters. The minimum Gasteiger partial charge on any atom is -0.463 e. The Kier molecular flexibility index (Phi) is 12.7. The second-order valence-corrected chi connectivity index (χ2v) is 7.56. The Morgan fingerprint density at radius 2 is 1.39 bits per heavy atom. The van der Waals surface area contributed by atoms with E-state index in [-0.39, 0.29) is 0 Å². The number of ether oxygens (including phenoxy) is 7. The third-order valence-corrected chi connectivity index (χ3v) is 4.44. The van der Waals surface area contributed by atoms with Crippen molar-refractivity contribution in [3.05, 3.63) is 12.2 Å². The first kappa shape index (κ1) is 30.7. The predicted octanol–water partition coefficient (Wildman–Crippen LogP) is -0.866. The van der Waals surface area contributed by atoms with E-state index >= 15 is 0 Å². The van der Waals surface area contributed by atoms with Crippen LogP contribution in [0.4, 0.5) is 0 Å². The zero-order chi connectivity index (χ0) is 27.4. The maximum atomic E-state index is 11.8. The minimum atomic E-state index is -1.53. The molecule has 1 aliphatic heterocycles. The van der Waals surface area contributed by atoms with E-state index in [1.807, 2.05) is 0 Å². The molecule has 0 radical (unpaired) electrons. The zero-order valence-electron chi connectivity index (χ0n) is 20.4. The summed E-state index contributed by atoms with van der Waals surface area (Å²) in [6.07, 6.45) is -7.35. The van der Waals surface area contributed by atoms with Crippen LogP contribution in [-0.2, 0) is 61.9 Å². The molecule has 7 atom stereocenters. The van der Waals surface area contributed by atoms with Crippen LogP contribution in [-0.4, -0.2) is 97.4 Å². The van der Waals surface area contributed by atoms with Gasteiger partial charge in [-0.3, -0.25) is 28.8 Å². The van der Waals surface area contributed by atoms with Crippen LogP contribution >= 0.6 is 0 Å². The number of hydrogen-bond acceptors (Lipinski definition) is 14. The van der Waals surface area contributed by atoms with Gasteiger partial charge in [-0.25, -0.2) is 0 Å². The molecule has 1 fully saturated rings. The number of allylic oxidation sites excluding steroid dienone is 1. The molecule has 1 saturated heterocycles. The van der Waals surface area contributed by atoms with Gasteiger partial charge in [0, 0.05) is 34.6 Å². The summed E-state index contributed by atoms with van der Waals surface area (Å²) < 4.78 is 36.9. The summed E-state index contributed by atoms with van der Waals surface area (Å²) >= 11 is 0. The summed E-state index contributed by atoms with van der Waals surface area (Å²) in [6.45, 7) is 4.37. The molecular formula is C22H30O14. The summed E-state index contributed by atoms with van der Waals surface area (Å²) in [4.78, 5) is 68.7. The number of carbonyl (C=O) groups is 6. The van der Waals surface area contributed by atoms with Crippen LogP contribution in [0.25, 0.3) is 0 Å². The number of esters is 5. The van der Waals surface area contributed by atoms with E-state index in [4.69, 9.17) is 33.2 Å². The third-order valence-electron chi connectivity index (χ3n) is 4.44. The van der Waals surface area contributed by atoms with Gasteiger partial charge in [-0.15, -0.1) is 0 Å². The molecule has 1 N–H and O–H groups in total. The van der Waals surface area contributed by atoms with Gasteiger partial charge in [-0.05, 0) is 12.2 Å². The van der Waals surface area contributed by atoms with Crippen molar-refractivity contribution in [1.82, 2.24) is 0 Å². The smallest absolute Gasteiger partial charge is 0.303 e. The summed E-state index contributed by atoms with van der Waals surface area (Å²) in [7, 11) is 0. The first-order valence-electron chi connectivity index (χ1n) is 10.7. The summed E-state index contributed by atoms with van der Waals surface area (Å²) in [6, 6.07) is 0. The van der Waals surface area contributed by atoms with Crippen LogP contribution in [0.15, 0.2) is 12.2 Å². The van der Waals surface area contributed by atoms with Gasteiger partial charge in [0.2, 0.25) is 0 Å². The maximum absolute atomic E-state index is 11.8. The average Bonchev–Trinajstić information content (AvgIpc) is 2.75. The highest BCUT2D eigenvalue weighted by molar-refractivity contribution is 5.69.